The first kappa shape index (κ1) is 15.1. The van der Waals surface area contributed by atoms with Crippen LogP contribution in [-0.2, 0) is 12.3 Å². The quantitative estimate of drug-likeness (QED) is 0.580. The standard InChI is InChI=1S/C18H23NS/c1-3-11-19-13-16-7-9-18(10-8-16)20-14-17-6-4-5-15(2)12-17/h4-10,12,19H,3,11,13-14H2,1-2H3. The summed E-state index contributed by atoms with van der Waals surface area (Å²) >= 11 is 1.90. The minimum absolute atomic E-state index is 0.969. The van der Waals surface area contributed by atoms with Gasteiger partial charge in [0.2, 0.25) is 0 Å². The van der Waals surface area contributed by atoms with Crippen molar-refractivity contribution < 1.29 is 0 Å². The fraction of sp³-hybridized carbons (Fsp3) is 0.333. The van der Waals surface area contributed by atoms with Crippen molar-refractivity contribution in [1.82, 2.24) is 5.32 Å². The van der Waals surface area contributed by atoms with E-state index in [-0.39, 0.29) is 0 Å². The Kier molecular flexibility index (Phi) is 6.16. The summed E-state index contributed by atoms with van der Waals surface area (Å²) in [5.41, 5.74) is 4.09. The first-order valence-corrected chi connectivity index (χ1v) is 8.24. The maximum absolute atomic E-state index is 3.43. The highest BCUT2D eigenvalue weighted by Gasteiger charge is 1.98. The number of nitrogens with one attached hydrogen (secondary N) is 1. The van der Waals surface area contributed by atoms with E-state index in [4.69, 9.17) is 0 Å². The van der Waals surface area contributed by atoms with E-state index in [0.717, 1.165) is 18.8 Å². The van der Waals surface area contributed by atoms with Gasteiger partial charge in [0.25, 0.3) is 0 Å². The Balaban J connectivity index is 1.84. The third-order valence-corrected chi connectivity index (χ3v) is 4.25. The molecule has 0 unspecified atom stereocenters. The number of hydrogen-bond donors (Lipinski definition) is 1. The van der Waals surface area contributed by atoms with E-state index in [1.165, 1.54) is 28.0 Å². The van der Waals surface area contributed by atoms with Crippen LogP contribution >= 0.6 is 11.8 Å². The molecule has 0 radical (unpaired) electrons. The number of thioether (sulfide) groups is 1. The molecule has 0 saturated heterocycles. The summed E-state index contributed by atoms with van der Waals surface area (Å²) in [6, 6.07) is 17.6. The van der Waals surface area contributed by atoms with Crippen molar-refractivity contribution in [2.75, 3.05) is 6.54 Å². The van der Waals surface area contributed by atoms with Crippen LogP contribution < -0.4 is 5.32 Å². The van der Waals surface area contributed by atoms with Gasteiger partial charge in [-0.3, -0.25) is 0 Å². The molecule has 0 saturated carbocycles. The van der Waals surface area contributed by atoms with E-state index in [9.17, 15) is 0 Å². The molecule has 1 nitrogen and oxygen atoms in total. The fourth-order valence-corrected chi connectivity index (χ4v) is 2.92. The Morgan fingerprint density at radius 2 is 1.80 bits per heavy atom. The molecule has 0 atom stereocenters. The van der Waals surface area contributed by atoms with Crippen LogP contribution in [0.15, 0.2) is 53.4 Å². The van der Waals surface area contributed by atoms with E-state index >= 15 is 0 Å². The first-order valence-electron chi connectivity index (χ1n) is 7.26. The van der Waals surface area contributed by atoms with Crippen LogP contribution in [-0.4, -0.2) is 6.54 Å². The van der Waals surface area contributed by atoms with Crippen molar-refractivity contribution in [3.8, 4) is 0 Å². The number of benzene rings is 2. The molecule has 1 N–H and O–H groups in total. The molecule has 0 amide bonds. The van der Waals surface area contributed by atoms with E-state index in [0.29, 0.717) is 0 Å². The van der Waals surface area contributed by atoms with Crippen molar-refractivity contribution in [2.45, 2.75) is 37.5 Å². The smallest absolute Gasteiger partial charge is 0.0232 e. The van der Waals surface area contributed by atoms with Gasteiger partial charge in [-0.1, -0.05) is 48.9 Å². The van der Waals surface area contributed by atoms with Gasteiger partial charge >= 0.3 is 0 Å². The minimum Gasteiger partial charge on any atom is -0.313 e. The highest BCUT2D eigenvalue weighted by molar-refractivity contribution is 7.98. The second-order valence-corrected chi connectivity index (χ2v) is 6.15. The maximum atomic E-state index is 3.43. The Bertz CT molecular complexity index is 519. The normalized spacial score (nSPS) is 10.7. The zero-order valence-electron chi connectivity index (χ0n) is 12.4. The molecular formula is C18H23NS. The summed E-state index contributed by atoms with van der Waals surface area (Å²) in [5, 5.41) is 3.43. The molecule has 0 spiro atoms. The Labute approximate surface area is 126 Å². The van der Waals surface area contributed by atoms with Gasteiger partial charge in [-0.2, -0.15) is 0 Å². The largest absolute Gasteiger partial charge is 0.313 e. The highest BCUT2D eigenvalue weighted by atomic mass is 32.2. The summed E-state index contributed by atoms with van der Waals surface area (Å²) in [4.78, 5) is 1.34. The Hall–Kier alpha value is -1.25. The second-order valence-electron chi connectivity index (χ2n) is 5.10. The molecule has 0 bridgehead atoms. The molecule has 2 rings (SSSR count). The predicted octanol–water partition coefficient (Wildman–Crippen LogP) is 4.79. The zero-order valence-corrected chi connectivity index (χ0v) is 13.2. The molecule has 2 aromatic carbocycles. The van der Waals surface area contributed by atoms with Gasteiger partial charge in [0, 0.05) is 17.2 Å². The summed E-state index contributed by atoms with van der Waals surface area (Å²) in [6.07, 6.45) is 1.18. The lowest BCUT2D eigenvalue weighted by atomic mass is 10.2. The van der Waals surface area contributed by atoms with Gasteiger partial charge in [0.1, 0.15) is 0 Å². The van der Waals surface area contributed by atoms with Crippen molar-refractivity contribution in [3.63, 3.8) is 0 Å². The van der Waals surface area contributed by atoms with E-state index in [1.807, 2.05) is 11.8 Å². The van der Waals surface area contributed by atoms with Gasteiger partial charge < -0.3 is 5.32 Å². The van der Waals surface area contributed by atoms with Crippen molar-refractivity contribution in [3.05, 3.63) is 65.2 Å². The first-order chi connectivity index (χ1) is 9.78. The molecule has 0 aliphatic heterocycles. The lowest BCUT2D eigenvalue weighted by molar-refractivity contribution is 0.675. The SMILES string of the molecule is CCCNCc1ccc(SCc2cccc(C)c2)cc1. The van der Waals surface area contributed by atoms with Gasteiger partial charge in [0.15, 0.2) is 0 Å². The molecule has 0 aliphatic carbocycles. The van der Waals surface area contributed by atoms with Gasteiger partial charge in [-0.15, -0.1) is 11.8 Å². The lowest BCUT2D eigenvalue weighted by Crippen LogP contribution is -2.13. The lowest BCUT2D eigenvalue weighted by Gasteiger charge is -2.06. The van der Waals surface area contributed by atoms with Gasteiger partial charge in [0.05, 0.1) is 0 Å². The third-order valence-electron chi connectivity index (χ3n) is 3.17. The number of aryl methyl sites for hydroxylation is 1. The zero-order chi connectivity index (χ0) is 14.2. The summed E-state index contributed by atoms with van der Waals surface area (Å²) < 4.78 is 0. The molecule has 0 fully saturated rings. The van der Waals surface area contributed by atoms with Crippen LogP contribution in [0.4, 0.5) is 0 Å². The minimum atomic E-state index is 0.969. The molecule has 0 heterocycles. The summed E-state index contributed by atoms with van der Waals surface area (Å²) in [6.45, 7) is 6.39. The number of hydrogen-bond acceptors (Lipinski definition) is 2. The molecular weight excluding hydrogens is 262 g/mol. The third kappa shape index (κ3) is 5.03. The van der Waals surface area contributed by atoms with Crippen LogP contribution in [0.2, 0.25) is 0 Å². The van der Waals surface area contributed by atoms with E-state index in [2.05, 4.69) is 67.7 Å². The molecule has 0 aliphatic rings. The van der Waals surface area contributed by atoms with E-state index < -0.39 is 0 Å². The molecule has 20 heavy (non-hydrogen) atoms. The van der Waals surface area contributed by atoms with Crippen molar-refractivity contribution in [2.24, 2.45) is 0 Å². The molecule has 2 heteroatoms. The Morgan fingerprint density at radius 1 is 1.00 bits per heavy atom. The van der Waals surface area contributed by atoms with E-state index in [1.54, 1.807) is 0 Å². The average Bonchev–Trinajstić information content (AvgIpc) is 2.47. The predicted molar refractivity (Wildman–Crippen MR) is 89.2 cm³/mol. The van der Waals surface area contributed by atoms with Crippen LogP contribution in [0.3, 0.4) is 0 Å². The highest BCUT2D eigenvalue weighted by Crippen LogP contribution is 2.23. The second kappa shape index (κ2) is 8.13. The fourth-order valence-electron chi connectivity index (χ4n) is 2.08. The van der Waals surface area contributed by atoms with Crippen molar-refractivity contribution in [1.29, 1.82) is 0 Å². The molecule has 106 valence electrons. The van der Waals surface area contributed by atoms with Crippen molar-refractivity contribution >= 4 is 11.8 Å². The summed E-state index contributed by atoms with van der Waals surface area (Å²) in [5.74, 6) is 1.04. The topological polar surface area (TPSA) is 12.0 Å². The molecule has 2 aromatic rings. The van der Waals surface area contributed by atoms with Crippen LogP contribution in [0.25, 0.3) is 0 Å². The van der Waals surface area contributed by atoms with Crippen LogP contribution in [0, 0.1) is 6.92 Å². The van der Waals surface area contributed by atoms with Gasteiger partial charge in [-0.05, 0) is 43.1 Å². The Morgan fingerprint density at radius 3 is 2.50 bits per heavy atom. The molecule has 0 aromatic heterocycles. The maximum Gasteiger partial charge on any atom is 0.0232 e. The van der Waals surface area contributed by atoms with Gasteiger partial charge in [-0.25, -0.2) is 0 Å². The van der Waals surface area contributed by atoms with Crippen LogP contribution in [0.5, 0.6) is 0 Å². The summed E-state index contributed by atoms with van der Waals surface area (Å²) in [7, 11) is 0. The average molecular weight is 285 g/mol. The van der Waals surface area contributed by atoms with Crippen LogP contribution in [0.1, 0.15) is 30.0 Å². The number of rotatable bonds is 7. The monoisotopic (exact) mass is 285 g/mol.